The van der Waals surface area contributed by atoms with Crippen molar-refractivity contribution in [3.63, 3.8) is 0 Å². The molecule has 0 amide bonds. The van der Waals surface area contributed by atoms with E-state index in [0.29, 0.717) is 11.1 Å². The van der Waals surface area contributed by atoms with E-state index in [0.717, 1.165) is 18.1 Å². The summed E-state index contributed by atoms with van der Waals surface area (Å²) in [7, 11) is -4.80. The van der Waals surface area contributed by atoms with Gasteiger partial charge in [0.25, 0.3) is 0 Å². The van der Waals surface area contributed by atoms with E-state index < -0.39 is 98.8 Å². The Hall–Kier alpha value is -2.69. The maximum absolute atomic E-state index is 16.0. The van der Waals surface area contributed by atoms with Crippen LogP contribution in [-0.2, 0) is 42.2 Å². The van der Waals surface area contributed by atoms with Gasteiger partial charge >= 0.3 is 17.9 Å². The molecule has 1 unspecified atom stereocenters. The summed E-state index contributed by atoms with van der Waals surface area (Å²) in [6, 6.07) is 10.8. The fourth-order valence-corrected chi connectivity index (χ4v) is 14.0. The van der Waals surface area contributed by atoms with E-state index in [-0.39, 0.29) is 25.0 Å². The molecule has 1 saturated heterocycles. The van der Waals surface area contributed by atoms with Crippen LogP contribution in [0.15, 0.2) is 41.5 Å². The number of rotatable bonds is 11. The van der Waals surface area contributed by atoms with Crippen LogP contribution < -0.4 is 0 Å². The van der Waals surface area contributed by atoms with E-state index in [1.165, 1.54) is 13.8 Å². The van der Waals surface area contributed by atoms with Gasteiger partial charge in [-0.2, -0.15) is 0 Å². The summed E-state index contributed by atoms with van der Waals surface area (Å²) in [6.07, 6.45) is -4.97. The molecule has 1 N–H and O–H groups in total. The van der Waals surface area contributed by atoms with Gasteiger partial charge in [0, 0.05) is 32.1 Å². The molecule has 3 aliphatic carbocycles. The van der Waals surface area contributed by atoms with Crippen LogP contribution in [0.25, 0.3) is 0 Å². The Morgan fingerprint density at radius 1 is 0.925 bits per heavy atom. The average molecular weight is 773 g/mol. The Morgan fingerprint density at radius 2 is 1.53 bits per heavy atom. The number of Topliss-reactive ketones (excluding diaryl/α,β-unsaturated/α-hetero) is 1. The number of carbonyl (C=O) groups excluding carboxylic acids is 4. The molecule has 2 saturated carbocycles. The highest BCUT2D eigenvalue weighted by molar-refractivity contribution is 6.73. The van der Waals surface area contributed by atoms with E-state index in [1.807, 2.05) is 26.6 Å². The molecule has 1 aromatic rings. The lowest BCUT2D eigenvalue weighted by molar-refractivity contribution is -0.344. The zero-order valence-electron chi connectivity index (χ0n) is 33.6. The summed E-state index contributed by atoms with van der Waals surface area (Å²) in [5.41, 5.74) is -5.07. The highest BCUT2D eigenvalue weighted by Crippen LogP contribution is 2.65. The molecule has 1 aromatic carbocycles. The number of aliphatic hydroxyl groups is 1. The third-order valence-corrected chi connectivity index (χ3v) is 18.6. The molecule has 53 heavy (non-hydrogen) atoms. The second kappa shape index (κ2) is 14.4. The maximum atomic E-state index is 16.0. The van der Waals surface area contributed by atoms with Crippen LogP contribution in [0.4, 0.5) is 0 Å². The van der Waals surface area contributed by atoms with Crippen LogP contribution in [0.5, 0.6) is 0 Å². The van der Waals surface area contributed by atoms with E-state index >= 15 is 4.79 Å². The van der Waals surface area contributed by atoms with Gasteiger partial charge in [-0.15, -0.1) is 0 Å². The zero-order chi connectivity index (χ0) is 39.5. The van der Waals surface area contributed by atoms with Crippen molar-refractivity contribution in [1.29, 1.82) is 0 Å². The Balaban J connectivity index is 1.91. The molecule has 3 fully saturated rings. The third kappa shape index (κ3) is 6.81. The molecule has 294 valence electrons. The summed E-state index contributed by atoms with van der Waals surface area (Å²) < 4.78 is 39.3. The number of fused-ring (bicyclic) bond motifs is 5. The lowest BCUT2D eigenvalue weighted by atomic mass is 9.44. The number of benzene rings is 1. The molecule has 11 nitrogen and oxygen atoms in total. The highest BCUT2D eigenvalue weighted by atomic mass is 28.4. The normalized spacial score (nSPS) is 35.2. The molecular weight excluding hydrogens is 713 g/mol. The fraction of sp³-hybridized carbons (Fsp3) is 0.700. The van der Waals surface area contributed by atoms with Crippen molar-refractivity contribution in [2.75, 3.05) is 6.61 Å². The van der Waals surface area contributed by atoms with E-state index in [4.69, 9.17) is 27.8 Å². The van der Waals surface area contributed by atoms with Gasteiger partial charge in [-0.25, -0.2) is 4.79 Å². The fourth-order valence-electron chi connectivity index (χ4n) is 9.90. The first kappa shape index (κ1) is 41.5. The monoisotopic (exact) mass is 772 g/mol. The topological polar surface area (TPSA) is 144 Å². The molecule has 0 radical (unpaired) electrons. The first-order chi connectivity index (χ1) is 24.6. The van der Waals surface area contributed by atoms with Crippen LogP contribution in [0.2, 0.25) is 37.8 Å². The molecule has 9 atom stereocenters. The molecule has 1 aliphatic heterocycles. The maximum Gasteiger partial charge on any atom is 0.338 e. The van der Waals surface area contributed by atoms with Crippen LogP contribution >= 0.6 is 0 Å². The predicted molar refractivity (Wildman–Crippen MR) is 203 cm³/mol. The Morgan fingerprint density at radius 3 is 2.02 bits per heavy atom. The predicted octanol–water partition coefficient (Wildman–Crippen LogP) is 6.54. The molecular formula is C40H60O11Si2. The zero-order valence-corrected chi connectivity index (χ0v) is 35.6. The SMILES string of the molecule is CC[Si](CC)(CC)O[C@H]1C[C@H]2OC[C@@]2(OC(C)=O)C2[C@H](OC(=O)c3ccccc3)[C@]3(O)C[C@H](O[Si](C)(C)C)C(C)=C([C@@H](OC(C)=O)C(=O)[C@@]21C)C3(C)C. The molecule has 4 aliphatic rings. The summed E-state index contributed by atoms with van der Waals surface area (Å²) in [6.45, 7) is 22.1. The van der Waals surface area contributed by atoms with Gasteiger partial charge in [0.1, 0.15) is 17.8 Å². The summed E-state index contributed by atoms with van der Waals surface area (Å²) in [5, 5.41) is 13.8. The average Bonchev–Trinajstić information content (AvgIpc) is 3.07. The number of hydrogen-bond acceptors (Lipinski definition) is 11. The van der Waals surface area contributed by atoms with Crippen LogP contribution in [0, 0.1) is 16.7 Å². The van der Waals surface area contributed by atoms with Crippen LogP contribution in [-0.4, -0.2) is 93.8 Å². The van der Waals surface area contributed by atoms with Crippen molar-refractivity contribution < 1.29 is 52.1 Å². The lowest BCUT2D eigenvalue weighted by Crippen LogP contribution is -2.82. The van der Waals surface area contributed by atoms with Gasteiger partial charge in [-0.1, -0.05) is 52.8 Å². The van der Waals surface area contributed by atoms with Crippen molar-refractivity contribution >= 4 is 40.3 Å². The summed E-state index contributed by atoms with van der Waals surface area (Å²) >= 11 is 0. The van der Waals surface area contributed by atoms with E-state index in [9.17, 15) is 19.5 Å². The Kier molecular flexibility index (Phi) is 11.3. The number of carbonyl (C=O) groups is 4. The molecule has 0 spiro atoms. The van der Waals surface area contributed by atoms with Gasteiger partial charge in [0.2, 0.25) is 0 Å². The smallest absolute Gasteiger partial charge is 0.338 e. The third-order valence-electron chi connectivity index (χ3n) is 13.0. The van der Waals surface area contributed by atoms with E-state index in [1.54, 1.807) is 51.1 Å². The first-order valence-electron chi connectivity index (χ1n) is 19.1. The van der Waals surface area contributed by atoms with Gasteiger partial charge in [0.05, 0.1) is 35.7 Å². The second-order valence-electron chi connectivity index (χ2n) is 17.3. The Labute approximate surface area is 316 Å². The van der Waals surface area contributed by atoms with Crippen molar-refractivity contribution in [2.24, 2.45) is 16.7 Å². The van der Waals surface area contributed by atoms with Crippen LogP contribution in [0.3, 0.4) is 0 Å². The minimum Gasteiger partial charge on any atom is -0.455 e. The van der Waals surface area contributed by atoms with Gasteiger partial charge in [-0.3, -0.25) is 14.4 Å². The molecule has 0 aromatic heterocycles. The van der Waals surface area contributed by atoms with Crippen molar-refractivity contribution in [3.05, 3.63) is 47.0 Å². The minimum atomic E-state index is -2.48. The molecule has 2 bridgehead atoms. The number of esters is 3. The molecule has 13 heteroatoms. The van der Waals surface area contributed by atoms with Gasteiger partial charge in [0.15, 0.2) is 34.1 Å². The quantitative estimate of drug-likeness (QED) is 0.113. The van der Waals surface area contributed by atoms with Crippen molar-refractivity contribution in [2.45, 2.75) is 155 Å². The van der Waals surface area contributed by atoms with Gasteiger partial charge < -0.3 is 32.9 Å². The molecule has 1 heterocycles. The second-order valence-corrected chi connectivity index (χ2v) is 26.5. The van der Waals surface area contributed by atoms with Crippen molar-refractivity contribution in [1.82, 2.24) is 0 Å². The minimum absolute atomic E-state index is 0.00926. The first-order valence-corrected chi connectivity index (χ1v) is 25.1. The Bertz CT molecular complexity index is 1620. The number of ether oxygens (including phenoxy) is 4. The lowest BCUT2D eigenvalue weighted by Gasteiger charge is -2.68. The van der Waals surface area contributed by atoms with Gasteiger partial charge in [-0.05, 0) is 74.9 Å². The highest BCUT2D eigenvalue weighted by Gasteiger charge is 2.79. The summed E-state index contributed by atoms with van der Waals surface area (Å²) in [5.74, 6) is -3.64. The number of ketones is 1. The van der Waals surface area contributed by atoms with Crippen LogP contribution in [0.1, 0.15) is 85.5 Å². The number of hydrogen-bond donors (Lipinski definition) is 1. The summed E-state index contributed by atoms with van der Waals surface area (Å²) in [4.78, 5) is 56.6. The van der Waals surface area contributed by atoms with Crippen molar-refractivity contribution in [3.8, 4) is 0 Å². The molecule has 5 rings (SSSR count). The standard InChI is InChI=1S/C40H60O11Si2/c1-13-53(14-2,15-3)51-29-21-30-39(23-46-30,49-26(6)42)33-35(48-36(44)27-19-17-16-18-20-27)40(45)22-28(50-52(10,11)12)24(4)31(37(40,7)8)32(47-25(5)41)34(43)38(29,33)9/h16-20,28-30,32-33,35,45H,13-15,21-23H2,1-12H3/t28-,29-,30+,32+,33?,35-,38+,39-,40+/m0/s1. The largest absolute Gasteiger partial charge is 0.455 e. The van der Waals surface area contributed by atoms with E-state index in [2.05, 4.69) is 20.8 Å².